The number of amides is 3. The summed E-state index contributed by atoms with van der Waals surface area (Å²) in [4.78, 5) is 40.7. The second-order valence-electron chi connectivity index (χ2n) is 9.52. The maximum absolute atomic E-state index is 13.7. The van der Waals surface area contributed by atoms with Crippen LogP contribution in [0.4, 0.5) is 10.5 Å². The van der Waals surface area contributed by atoms with Crippen molar-refractivity contribution >= 4 is 23.6 Å². The molecule has 0 spiro atoms. The fourth-order valence-corrected chi connectivity index (χ4v) is 3.81. The number of nitrogens with zero attached hydrogens (tertiary/aromatic N) is 2. The molecule has 0 saturated heterocycles. The number of ether oxygens (including phenoxy) is 1. The standard InChI is InChI=1S/C27H34N4O5/c1-17-10-7-8-13-20(17)29-24(33)23(22-18(2)11-9-12-19(22)3)31(15-14-28)25(34)21(16-32)30-26(35)36-27(4,5)6/h7-13,21,23,32H,15-16H2,1-6H3,(H,29,33)(H,30,35). The largest absolute Gasteiger partial charge is 0.444 e. The molecule has 0 aromatic heterocycles. The number of aliphatic hydroxyl groups is 1. The molecule has 0 aliphatic carbocycles. The zero-order valence-electron chi connectivity index (χ0n) is 21.6. The number of aliphatic hydroxyl groups excluding tert-OH is 1. The van der Waals surface area contributed by atoms with Crippen LogP contribution in [0.1, 0.15) is 49.1 Å². The second kappa shape index (κ2) is 12.2. The molecule has 192 valence electrons. The highest BCUT2D eigenvalue weighted by molar-refractivity contribution is 5.99. The first-order valence-electron chi connectivity index (χ1n) is 11.6. The number of nitriles is 1. The van der Waals surface area contributed by atoms with Gasteiger partial charge < -0.3 is 25.4 Å². The fourth-order valence-electron chi connectivity index (χ4n) is 3.81. The van der Waals surface area contributed by atoms with Crippen LogP contribution in [0.25, 0.3) is 0 Å². The topological polar surface area (TPSA) is 132 Å². The molecule has 2 unspecified atom stereocenters. The van der Waals surface area contributed by atoms with E-state index in [0.29, 0.717) is 11.3 Å². The summed E-state index contributed by atoms with van der Waals surface area (Å²) in [6.07, 6.45) is -0.903. The SMILES string of the molecule is Cc1ccccc1NC(=O)C(c1c(C)cccc1C)N(CC#N)C(=O)C(CO)NC(=O)OC(C)(C)C. The molecule has 0 aliphatic heterocycles. The predicted octanol–water partition coefficient (Wildman–Crippen LogP) is 3.53. The van der Waals surface area contributed by atoms with E-state index in [-0.39, 0.29) is 0 Å². The number of aryl methyl sites for hydroxylation is 3. The van der Waals surface area contributed by atoms with Gasteiger partial charge in [0.05, 0.1) is 12.7 Å². The van der Waals surface area contributed by atoms with Gasteiger partial charge in [-0.2, -0.15) is 5.26 Å². The molecule has 2 aromatic carbocycles. The molecule has 0 saturated carbocycles. The summed E-state index contributed by atoms with van der Waals surface area (Å²) in [5.41, 5.74) is 2.61. The van der Waals surface area contributed by atoms with Gasteiger partial charge in [-0.3, -0.25) is 9.59 Å². The lowest BCUT2D eigenvalue weighted by Crippen LogP contribution is -2.54. The number of rotatable bonds is 8. The maximum Gasteiger partial charge on any atom is 0.408 e. The Hall–Kier alpha value is -3.90. The minimum absolute atomic E-state index is 0.453. The lowest BCUT2D eigenvalue weighted by molar-refractivity contribution is -0.140. The number of hydrogen-bond acceptors (Lipinski definition) is 6. The van der Waals surface area contributed by atoms with Gasteiger partial charge in [0.25, 0.3) is 5.91 Å². The first-order valence-corrected chi connectivity index (χ1v) is 11.6. The molecule has 0 aliphatic rings. The molecule has 2 rings (SSSR count). The lowest BCUT2D eigenvalue weighted by atomic mass is 9.93. The van der Waals surface area contributed by atoms with E-state index in [4.69, 9.17) is 4.74 Å². The van der Waals surface area contributed by atoms with Gasteiger partial charge in [-0.05, 0) is 69.9 Å². The van der Waals surface area contributed by atoms with Crippen molar-refractivity contribution in [2.75, 3.05) is 18.5 Å². The Balaban J connectivity index is 2.53. The molecule has 2 atom stereocenters. The van der Waals surface area contributed by atoms with Gasteiger partial charge >= 0.3 is 6.09 Å². The summed E-state index contributed by atoms with van der Waals surface area (Å²) >= 11 is 0. The summed E-state index contributed by atoms with van der Waals surface area (Å²) in [5.74, 6) is -1.32. The van der Waals surface area contributed by atoms with Crippen LogP contribution in [0.5, 0.6) is 0 Å². The van der Waals surface area contributed by atoms with Gasteiger partial charge in [-0.1, -0.05) is 36.4 Å². The quantitative estimate of drug-likeness (QED) is 0.481. The number of alkyl carbamates (subject to hydrolysis) is 1. The van der Waals surface area contributed by atoms with Gasteiger partial charge in [0.15, 0.2) is 0 Å². The van der Waals surface area contributed by atoms with Crippen LogP contribution >= 0.6 is 0 Å². The molecule has 9 nitrogen and oxygen atoms in total. The summed E-state index contributed by atoms with van der Waals surface area (Å²) in [6, 6.07) is 12.0. The number of anilines is 1. The summed E-state index contributed by atoms with van der Waals surface area (Å²) in [7, 11) is 0. The molecular weight excluding hydrogens is 460 g/mol. The summed E-state index contributed by atoms with van der Waals surface area (Å²) in [6.45, 7) is 9.26. The molecule has 0 radical (unpaired) electrons. The van der Waals surface area contributed by atoms with E-state index in [1.807, 2.05) is 57.2 Å². The Bertz CT molecular complexity index is 1130. The monoisotopic (exact) mass is 494 g/mol. The maximum atomic E-state index is 13.7. The molecule has 2 aromatic rings. The van der Waals surface area contributed by atoms with E-state index in [1.54, 1.807) is 32.9 Å². The van der Waals surface area contributed by atoms with Gasteiger partial charge in [-0.25, -0.2) is 4.79 Å². The third-order valence-corrected chi connectivity index (χ3v) is 5.47. The van der Waals surface area contributed by atoms with Crippen LogP contribution < -0.4 is 10.6 Å². The first kappa shape index (κ1) is 28.3. The van der Waals surface area contributed by atoms with Crippen LogP contribution in [-0.2, 0) is 14.3 Å². The van der Waals surface area contributed by atoms with Gasteiger partial charge in [-0.15, -0.1) is 0 Å². The molecule has 36 heavy (non-hydrogen) atoms. The van der Waals surface area contributed by atoms with Crippen molar-refractivity contribution in [1.82, 2.24) is 10.2 Å². The Morgan fingerprint density at radius 3 is 2.14 bits per heavy atom. The predicted molar refractivity (Wildman–Crippen MR) is 136 cm³/mol. The molecular formula is C27H34N4O5. The minimum Gasteiger partial charge on any atom is -0.444 e. The van der Waals surface area contributed by atoms with Crippen molar-refractivity contribution in [3.63, 3.8) is 0 Å². The highest BCUT2D eigenvalue weighted by Crippen LogP contribution is 2.30. The number of hydrogen-bond donors (Lipinski definition) is 3. The highest BCUT2D eigenvalue weighted by atomic mass is 16.6. The number of benzene rings is 2. The summed E-state index contributed by atoms with van der Waals surface area (Å²) < 4.78 is 5.21. The zero-order valence-corrected chi connectivity index (χ0v) is 21.6. The van der Waals surface area contributed by atoms with Crippen molar-refractivity contribution < 1.29 is 24.2 Å². The molecule has 0 fully saturated rings. The van der Waals surface area contributed by atoms with E-state index in [1.165, 1.54) is 0 Å². The fraction of sp³-hybridized carbons (Fsp3) is 0.407. The Labute approximate surface area is 212 Å². The average Bonchev–Trinajstić information content (AvgIpc) is 2.78. The average molecular weight is 495 g/mol. The zero-order chi connectivity index (χ0) is 27.0. The molecule has 0 bridgehead atoms. The van der Waals surface area contributed by atoms with Gasteiger partial charge in [0, 0.05) is 5.69 Å². The normalized spacial score (nSPS) is 12.6. The van der Waals surface area contributed by atoms with Crippen LogP contribution in [0, 0.1) is 32.1 Å². The lowest BCUT2D eigenvalue weighted by Gasteiger charge is -2.34. The first-order chi connectivity index (χ1) is 16.9. The van der Waals surface area contributed by atoms with Crippen molar-refractivity contribution in [3.8, 4) is 6.07 Å². The van der Waals surface area contributed by atoms with E-state index in [0.717, 1.165) is 21.6 Å². The Kier molecular flexibility index (Phi) is 9.59. The van der Waals surface area contributed by atoms with Crippen LogP contribution in [0.3, 0.4) is 0 Å². The number of carbonyl (C=O) groups excluding carboxylic acids is 3. The van der Waals surface area contributed by atoms with Gasteiger partial charge in [0.2, 0.25) is 5.91 Å². The van der Waals surface area contributed by atoms with E-state index < -0.39 is 48.7 Å². The Morgan fingerprint density at radius 1 is 1.03 bits per heavy atom. The second-order valence-corrected chi connectivity index (χ2v) is 9.52. The van der Waals surface area contributed by atoms with E-state index in [9.17, 15) is 24.8 Å². The summed E-state index contributed by atoms with van der Waals surface area (Å²) in [5, 5.41) is 24.7. The van der Waals surface area contributed by atoms with E-state index in [2.05, 4.69) is 10.6 Å². The van der Waals surface area contributed by atoms with E-state index >= 15 is 0 Å². The van der Waals surface area contributed by atoms with Crippen LogP contribution in [0.15, 0.2) is 42.5 Å². The highest BCUT2D eigenvalue weighted by Gasteiger charge is 2.37. The number of nitrogens with one attached hydrogen (secondary N) is 2. The molecule has 3 N–H and O–H groups in total. The van der Waals surface area contributed by atoms with Crippen molar-refractivity contribution in [1.29, 1.82) is 5.26 Å². The van der Waals surface area contributed by atoms with Crippen LogP contribution in [0.2, 0.25) is 0 Å². The van der Waals surface area contributed by atoms with Crippen molar-refractivity contribution in [2.45, 2.75) is 59.2 Å². The Morgan fingerprint density at radius 2 is 1.61 bits per heavy atom. The smallest absolute Gasteiger partial charge is 0.408 e. The van der Waals surface area contributed by atoms with Crippen molar-refractivity contribution in [2.24, 2.45) is 0 Å². The number of para-hydroxylation sites is 1. The van der Waals surface area contributed by atoms with Crippen molar-refractivity contribution in [3.05, 3.63) is 64.7 Å². The third kappa shape index (κ3) is 7.30. The van der Waals surface area contributed by atoms with Gasteiger partial charge in [0.1, 0.15) is 24.2 Å². The molecule has 3 amide bonds. The number of carbonyl (C=O) groups is 3. The molecule has 0 heterocycles. The molecule has 9 heteroatoms. The minimum atomic E-state index is -1.42. The van der Waals surface area contributed by atoms with Crippen LogP contribution in [-0.4, -0.2) is 52.7 Å². The third-order valence-electron chi connectivity index (χ3n) is 5.47.